The zero-order valence-electron chi connectivity index (χ0n) is 6.09. The Hall–Kier alpha value is -0.540. The molecule has 0 unspecified atom stereocenters. The van der Waals surface area contributed by atoms with E-state index in [2.05, 4.69) is 0 Å². The molecule has 0 radical (unpaired) electrons. The Bertz CT molecular complexity index is 290. The van der Waals surface area contributed by atoms with E-state index in [-0.39, 0.29) is 5.02 Å². The van der Waals surface area contributed by atoms with Gasteiger partial charge in [-0.2, -0.15) is 0 Å². The Morgan fingerprint density at radius 3 is 2.92 bits per heavy atom. The zero-order chi connectivity index (χ0) is 8.97. The fourth-order valence-corrected chi connectivity index (χ4v) is 1.57. The minimum Gasteiger partial charge on any atom is -0.302 e. The molecule has 0 spiro atoms. The molecule has 1 aromatic carbocycles. The summed E-state index contributed by atoms with van der Waals surface area (Å²) < 4.78 is 12.6. The molecule has 0 bridgehead atoms. The van der Waals surface area contributed by atoms with Gasteiger partial charge < -0.3 is 4.79 Å². The van der Waals surface area contributed by atoms with Gasteiger partial charge in [0.1, 0.15) is 12.1 Å². The van der Waals surface area contributed by atoms with Gasteiger partial charge in [0.25, 0.3) is 0 Å². The summed E-state index contributed by atoms with van der Waals surface area (Å²) in [6.45, 7) is 0. The number of thioether (sulfide) groups is 1. The molecule has 0 aromatic heterocycles. The highest BCUT2D eigenvalue weighted by Gasteiger charge is 2.00. The summed E-state index contributed by atoms with van der Waals surface area (Å²) in [5.41, 5.74) is 0. The number of rotatable bonds is 3. The van der Waals surface area contributed by atoms with Gasteiger partial charge in [0, 0.05) is 4.90 Å². The van der Waals surface area contributed by atoms with Crippen molar-refractivity contribution in [2.45, 2.75) is 4.90 Å². The first-order chi connectivity index (χ1) is 5.74. The van der Waals surface area contributed by atoms with Gasteiger partial charge in [-0.15, -0.1) is 11.8 Å². The standard InChI is InChI=1S/C8H6ClFOS/c9-7-5-6(12-4-3-11)1-2-8(7)10/h1-3,5H,4H2. The highest BCUT2D eigenvalue weighted by Crippen LogP contribution is 2.23. The van der Waals surface area contributed by atoms with Crippen molar-refractivity contribution in [1.82, 2.24) is 0 Å². The van der Waals surface area contributed by atoms with E-state index in [4.69, 9.17) is 11.6 Å². The molecule has 0 fully saturated rings. The molecule has 4 heteroatoms. The molecule has 0 N–H and O–H groups in total. The maximum Gasteiger partial charge on any atom is 0.141 e. The second kappa shape index (κ2) is 4.48. The molecule has 0 saturated heterocycles. The van der Waals surface area contributed by atoms with Crippen molar-refractivity contribution in [2.75, 3.05) is 5.75 Å². The molecule has 0 saturated carbocycles. The van der Waals surface area contributed by atoms with E-state index in [0.29, 0.717) is 5.75 Å². The van der Waals surface area contributed by atoms with Crippen LogP contribution in [0, 0.1) is 5.82 Å². The molecule has 1 nitrogen and oxygen atoms in total. The monoisotopic (exact) mass is 204 g/mol. The normalized spacial score (nSPS) is 9.83. The maximum atomic E-state index is 12.6. The summed E-state index contributed by atoms with van der Waals surface area (Å²) in [5, 5.41) is 0.0888. The van der Waals surface area contributed by atoms with Gasteiger partial charge in [0.2, 0.25) is 0 Å². The summed E-state index contributed by atoms with van der Waals surface area (Å²) in [6, 6.07) is 4.38. The van der Waals surface area contributed by atoms with Crippen molar-refractivity contribution in [2.24, 2.45) is 0 Å². The maximum absolute atomic E-state index is 12.6. The Balaban J connectivity index is 2.75. The second-order valence-electron chi connectivity index (χ2n) is 2.05. The lowest BCUT2D eigenvalue weighted by Crippen LogP contribution is -1.81. The highest BCUT2D eigenvalue weighted by atomic mass is 35.5. The van der Waals surface area contributed by atoms with Crippen LogP contribution in [0.2, 0.25) is 5.02 Å². The first-order valence-corrected chi connectivity index (χ1v) is 4.62. The number of hydrogen-bond donors (Lipinski definition) is 0. The number of carbonyl (C=O) groups is 1. The quantitative estimate of drug-likeness (QED) is 0.556. The van der Waals surface area contributed by atoms with E-state index in [1.165, 1.54) is 23.9 Å². The summed E-state index contributed by atoms with van der Waals surface area (Å²) in [7, 11) is 0. The Morgan fingerprint density at radius 1 is 1.58 bits per heavy atom. The van der Waals surface area contributed by atoms with Crippen LogP contribution < -0.4 is 0 Å². The fourth-order valence-electron chi connectivity index (χ4n) is 0.697. The molecular formula is C8H6ClFOS. The van der Waals surface area contributed by atoms with E-state index >= 15 is 0 Å². The highest BCUT2D eigenvalue weighted by molar-refractivity contribution is 7.99. The molecular weight excluding hydrogens is 199 g/mol. The van der Waals surface area contributed by atoms with Gasteiger partial charge >= 0.3 is 0 Å². The average molecular weight is 205 g/mol. The van der Waals surface area contributed by atoms with Crippen LogP contribution in [0.5, 0.6) is 0 Å². The molecule has 0 aliphatic carbocycles. The van der Waals surface area contributed by atoms with Gasteiger partial charge in [-0.05, 0) is 18.2 Å². The van der Waals surface area contributed by atoms with Crippen LogP contribution >= 0.6 is 23.4 Å². The van der Waals surface area contributed by atoms with Crippen LogP contribution in [0.15, 0.2) is 23.1 Å². The van der Waals surface area contributed by atoms with E-state index in [1.807, 2.05) is 0 Å². The predicted octanol–water partition coefficient (Wildman–Crippen LogP) is 2.77. The van der Waals surface area contributed by atoms with Crippen molar-refractivity contribution in [3.8, 4) is 0 Å². The summed E-state index contributed by atoms with van der Waals surface area (Å²) in [5.74, 6) is -0.0748. The second-order valence-corrected chi connectivity index (χ2v) is 3.55. The molecule has 0 amide bonds. The summed E-state index contributed by atoms with van der Waals surface area (Å²) in [6.07, 6.45) is 0.794. The third-order valence-corrected chi connectivity index (χ3v) is 2.39. The summed E-state index contributed by atoms with van der Waals surface area (Å²) >= 11 is 6.84. The lowest BCUT2D eigenvalue weighted by molar-refractivity contribution is -0.105. The molecule has 0 atom stereocenters. The third kappa shape index (κ3) is 2.50. The Morgan fingerprint density at radius 2 is 2.33 bits per heavy atom. The van der Waals surface area contributed by atoms with Crippen LogP contribution in [-0.2, 0) is 4.79 Å². The van der Waals surface area contributed by atoms with Crippen LogP contribution in [-0.4, -0.2) is 12.0 Å². The average Bonchev–Trinajstić information content (AvgIpc) is 2.07. The fraction of sp³-hybridized carbons (Fsp3) is 0.125. The molecule has 12 heavy (non-hydrogen) atoms. The molecule has 64 valence electrons. The van der Waals surface area contributed by atoms with Crippen molar-refractivity contribution in [3.63, 3.8) is 0 Å². The van der Waals surface area contributed by atoms with Crippen molar-refractivity contribution < 1.29 is 9.18 Å². The first-order valence-electron chi connectivity index (χ1n) is 3.25. The van der Waals surface area contributed by atoms with Crippen molar-refractivity contribution in [3.05, 3.63) is 29.0 Å². The Kier molecular flexibility index (Phi) is 3.56. The van der Waals surface area contributed by atoms with Gasteiger partial charge in [-0.25, -0.2) is 4.39 Å². The predicted molar refractivity (Wildman–Crippen MR) is 48.2 cm³/mol. The number of halogens is 2. The van der Waals surface area contributed by atoms with E-state index in [1.54, 1.807) is 6.07 Å². The van der Waals surface area contributed by atoms with Crippen molar-refractivity contribution >= 4 is 29.6 Å². The van der Waals surface area contributed by atoms with Crippen LogP contribution in [0.3, 0.4) is 0 Å². The first kappa shape index (κ1) is 9.55. The molecule has 0 aliphatic rings. The van der Waals surface area contributed by atoms with Crippen LogP contribution in [0.25, 0.3) is 0 Å². The lowest BCUT2D eigenvalue weighted by Gasteiger charge is -1.98. The van der Waals surface area contributed by atoms with Gasteiger partial charge in [-0.1, -0.05) is 11.6 Å². The van der Waals surface area contributed by atoms with Gasteiger partial charge in [0.05, 0.1) is 10.8 Å². The van der Waals surface area contributed by atoms with E-state index in [0.717, 1.165) is 11.2 Å². The minimum absolute atomic E-state index is 0.0888. The van der Waals surface area contributed by atoms with Crippen LogP contribution in [0.1, 0.15) is 0 Å². The largest absolute Gasteiger partial charge is 0.302 e. The number of hydrogen-bond acceptors (Lipinski definition) is 2. The van der Waals surface area contributed by atoms with Crippen LogP contribution in [0.4, 0.5) is 4.39 Å². The number of aldehydes is 1. The van der Waals surface area contributed by atoms with E-state index in [9.17, 15) is 9.18 Å². The topological polar surface area (TPSA) is 17.1 Å². The minimum atomic E-state index is -0.438. The molecule has 0 aliphatic heterocycles. The number of benzene rings is 1. The third-order valence-electron chi connectivity index (χ3n) is 1.21. The lowest BCUT2D eigenvalue weighted by atomic mass is 10.3. The van der Waals surface area contributed by atoms with E-state index < -0.39 is 5.82 Å². The van der Waals surface area contributed by atoms with Crippen molar-refractivity contribution in [1.29, 1.82) is 0 Å². The summed E-state index contributed by atoms with van der Waals surface area (Å²) in [4.78, 5) is 10.8. The number of carbonyl (C=O) groups excluding carboxylic acids is 1. The smallest absolute Gasteiger partial charge is 0.141 e. The SMILES string of the molecule is O=CCSc1ccc(F)c(Cl)c1. The zero-order valence-corrected chi connectivity index (χ0v) is 7.66. The molecule has 1 rings (SSSR count). The molecule has 0 heterocycles. The molecule has 1 aromatic rings. The van der Waals surface area contributed by atoms with Gasteiger partial charge in [0.15, 0.2) is 0 Å². The Labute approximate surface area is 78.9 Å². The van der Waals surface area contributed by atoms with Gasteiger partial charge in [-0.3, -0.25) is 0 Å².